The molecule has 5 nitrogen and oxygen atoms in total. The predicted molar refractivity (Wildman–Crippen MR) is 105 cm³/mol. The van der Waals surface area contributed by atoms with Gasteiger partial charge in [-0.05, 0) is 48.6 Å². The summed E-state index contributed by atoms with van der Waals surface area (Å²) in [4.78, 5) is 3.57. The first-order valence-corrected chi connectivity index (χ1v) is 9.78. The van der Waals surface area contributed by atoms with Crippen LogP contribution in [-0.2, 0) is 6.54 Å². The number of fused-ring (bicyclic) bond motifs is 1. The lowest BCUT2D eigenvalue weighted by atomic mass is 10.0. The van der Waals surface area contributed by atoms with Crippen molar-refractivity contribution < 1.29 is 9.47 Å². The minimum Gasteiger partial charge on any atom is -0.454 e. The zero-order valence-corrected chi connectivity index (χ0v) is 15.5. The molecule has 4 rings (SSSR count). The number of benzene rings is 1. The standard InChI is InChI=1S/C18H21N3O2S2/c24-18(19-11-15-2-1-9-25-15)21-7-5-13(6-8-21)20-14-3-4-16-17(10-14)23-12-22-16/h1-4,9-10,13,20H,5-8,11-12H2,(H,19,24). The highest BCUT2D eigenvalue weighted by Crippen LogP contribution is 2.34. The van der Waals surface area contributed by atoms with Crippen molar-refractivity contribution in [3.8, 4) is 11.5 Å². The largest absolute Gasteiger partial charge is 0.454 e. The SMILES string of the molecule is S=C(NCc1cccs1)N1CCC(Nc2ccc3c(c2)OCO3)CC1. The van der Waals surface area contributed by atoms with Crippen molar-refractivity contribution in [2.24, 2.45) is 0 Å². The number of nitrogens with zero attached hydrogens (tertiary/aromatic N) is 1. The summed E-state index contributed by atoms with van der Waals surface area (Å²) >= 11 is 7.29. The Kier molecular flexibility index (Phi) is 4.94. The van der Waals surface area contributed by atoms with E-state index in [2.05, 4.69) is 33.0 Å². The van der Waals surface area contributed by atoms with Crippen molar-refractivity contribution in [1.29, 1.82) is 0 Å². The first-order valence-electron chi connectivity index (χ1n) is 8.49. The van der Waals surface area contributed by atoms with Gasteiger partial charge in [0.2, 0.25) is 6.79 Å². The number of likely N-dealkylation sites (tertiary alicyclic amines) is 1. The zero-order valence-electron chi connectivity index (χ0n) is 13.9. The molecule has 1 saturated heterocycles. The molecule has 132 valence electrons. The third kappa shape index (κ3) is 3.99. The summed E-state index contributed by atoms with van der Waals surface area (Å²) in [6.07, 6.45) is 2.13. The molecule has 0 amide bonds. The molecular weight excluding hydrogens is 354 g/mol. The van der Waals surface area contributed by atoms with Gasteiger partial charge in [-0.15, -0.1) is 11.3 Å². The molecule has 0 saturated carbocycles. The van der Waals surface area contributed by atoms with Gasteiger partial charge in [-0.1, -0.05) is 6.07 Å². The summed E-state index contributed by atoms with van der Waals surface area (Å²) in [7, 11) is 0. The van der Waals surface area contributed by atoms with Gasteiger partial charge in [-0.25, -0.2) is 0 Å². The molecule has 0 radical (unpaired) electrons. The van der Waals surface area contributed by atoms with Gasteiger partial charge in [-0.2, -0.15) is 0 Å². The van der Waals surface area contributed by atoms with E-state index in [9.17, 15) is 0 Å². The Morgan fingerprint density at radius 1 is 1.20 bits per heavy atom. The molecule has 0 atom stereocenters. The molecule has 0 spiro atoms. The van der Waals surface area contributed by atoms with Crippen molar-refractivity contribution in [2.45, 2.75) is 25.4 Å². The van der Waals surface area contributed by atoms with Gasteiger partial charge in [0.05, 0.1) is 6.54 Å². The van der Waals surface area contributed by atoms with Crippen molar-refractivity contribution in [3.63, 3.8) is 0 Å². The maximum absolute atomic E-state index is 5.54. The highest BCUT2D eigenvalue weighted by atomic mass is 32.1. The topological polar surface area (TPSA) is 45.8 Å². The quantitative estimate of drug-likeness (QED) is 0.799. The average Bonchev–Trinajstić information content (AvgIpc) is 3.31. The van der Waals surface area contributed by atoms with Crippen LogP contribution in [0, 0.1) is 0 Å². The lowest BCUT2D eigenvalue weighted by molar-refractivity contribution is 0.174. The minimum absolute atomic E-state index is 0.313. The van der Waals surface area contributed by atoms with Crippen molar-refractivity contribution in [1.82, 2.24) is 10.2 Å². The van der Waals surface area contributed by atoms with Crippen LogP contribution in [0.4, 0.5) is 5.69 Å². The fourth-order valence-electron chi connectivity index (χ4n) is 3.14. The first kappa shape index (κ1) is 16.5. The van der Waals surface area contributed by atoms with Crippen molar-refractivity contribution in [3.05, 3.63) is 40.6 Å². The number of piperidine rings is 1. The Morgan fingerprint density at radius 2 is 2.04 bits per heavy atom. The number of hydrogen-bond acceptors (Lipinski definition) is 5. The van der Waals surface area contributed by atoms with E-state index in [-0.39, 0.29) is 0 Å². The molecule has 0 bridgehead atoms. The smallest absolute Gasteiger partial charge is 0.231 e. The summed E-state index contributed by atoms with van der Waals surface area (Å²) in [6, 6.07) is 10.7. The number of hydrogen-bond donors (Lipinski definition) is 2. The average molecular weight is 376 g/mol. The second kappa shape index (κ2) is 7.49. The van der Waals surface area contributed by atoms with Crippen LogP contribution in [0.2, 0.25) is 0 Å². The van der Waals surface area contributed by atoms with Crippen LogP contribution < -0.4 is 20.1 Å². The van der Waals surface area contributed by atoms with E-state index in [0.717, 1.165) is 54.8 Å². The van der Waals surface area contributed by atoms with E-state index in [0.29, 0.717) is 12.8 Å². The Morgan fingerprint density at radius 3 is 2.84 bits per heavy atom. The molecular formula is C18H21N3O2S2. The zero-order chi connectivity index (χ0) is 17.1. The summed E-state index contributed by atoms with van der Waals surface area (Å²) in [5, 5.41) is 9.91. The number of thiocarbonyl (C=S) groups is 1. The number of nitrogens with one attached hydrogen (secondary N) is 2. The number of rotatable bonds is 4. The normalized spacial score (nSPS) is 16.7. The van der Waals surface area contributed by atoms with Crippen LogP contribution in [0.25, 0.3) is 0 Å². The van der Waals surface area contributed by atoms with Crippen LogP contribution in [0.1, 0.15) is 17.7 Å². The molecule has 2 aromatic rings. The summed E-state index contributed by atoms with van der Waals surface area (Å²) in [5.74, 6) is 1.64. The second-order valence-electron chi connectivity index (χ2n) is 6.21. The summed E-state index contributed by atoms with van der Waals surface area (Å²) in [5.41, 5.74) is 1.08. The molecule has 2 aliphatic rings. The van der Waals surface area contributed by atoms with Gasteiger partial charge in [0.25, 0.3) is 0 Å². The lowest BCUT2D eigenvalue weighted by Gasteiger charge is -2.34. The fraction of sp³-hybridized carbons (Fsp3) is 0.389. The highest BCUT2D eigenvalue weighted by Gasteiger charge is 2.21. The van der Waals surface area contributed by atoms with Crippen molar-refractivity contribution in [2.75, 3.05) is 25.2 Å². The van der Waals surface area contributed by atoms with Crippen LogP contribution in [0.3, 0.4) is 0 Å². The van der Waals surface area contributed by atoms with Crippen LogP contribution >= 0.6 is 23.6 Å². The number of anilines is 1. The van der Waals surface area contributed by atoms with E-state index < -0.39 is 0 Å². The fourth-order valence-corrected chi connectivity index (χ4v) is 4.04. The maximum Gasteiger partial charge on any atom is 0.231 e. The molecule has 1 aromatic carbocycles. The Bertz CT molecular complexity index is 728. The Hall–Kier alpha value is -1.99. The molecule has 1 aromatic heterocycles. The van der Waals surface area contributed by atoms with Crippen molar-refractivity contribution >= 4 is 34.4 Å². The molecule has 7 heteroatoms. The Balaban J connectivity index is 1.24. The van der Waals surface area contributed by atoms with Crippen LogP contribution in [0.5, 0.6) is 11.5 Å². The molecule has 25 heavy (non-hydrogen) atoms. The molecule has 2 aliphatic heterocycles. The first-order chi connectivity index (χ1) is 12.3. The molecule has 0 unspecified atom stereocenters. The van der Waals surface area contributed by atoms with Gasteiger partial charge >= 0.3 is 0 Å². The van der Waals surface area contributed by atoms with Gasteiger partial charge in [0.15, 0.2) is 16.6 Å². The molecule has 3 heterocycles. The monoisotopic (exact) mass is 375 g/mol. The highest BCUT2D eigenvalue weighted by molar-refractivity contribution is 7.80. The van der Waals surface area contributed by atoms with E-state index in [1.807, 2.05) is 18.2 Å². The molecule has 1 fully saturated rings. The summed E-state index contributed by atoms with van der Waals surface area (Å²) < 4.78 is 10.8. The third-order valence-electron chi connectivity index (χ3n) is 4.52. The summed E-state index contributed by atoms with van der Waals surface area (Å²) in [6.45, 7) is 3.07. The van der Waals surface area contributed by atoms with Crippen LogP contribution in [-0.4, -0.2) is 35.9 Å². The second-order valence-corrected chi connectivity index (χ2v) is 7.63. The molecule has 2 N–H and O–H groups in total. The predicted octanol–water partition coefficient (Wildman–Crippen LogP) is 3.43. The number of ether oxygens (including phenoxy) is 2. The lowest BCUT2D eigenvalue weighted by Crippen LogP contribution is -2.46. The van der Waals surface area contributed by atoms with E-state index in [1.165, 1.54) is 4.88 Å². The van der Waals surface area contributed by atoms with E-state index >= 15 is 0 Å². The van der Waals surface area contributed by atoms with Crippen LogP contribution in [0.15, 0.2) is 35.7 Å². The van der Waals surface area contributed by atoms with E-state index in [1.54, 1.807) is 11.3 Å². The van der Waals surface area contributed by atoms with Gasteiger partial charge in [0, 0.05) is 35.8 Å². The molecule has 0 aliphatic carbocycles. The maximum atomic E-state index is 5.54. The number of thiophene rings is 1. The van der Waals surface area contributed by atoms with Gasteiger partial charge < -0.3 is 25.0 Å². The third-order valence-corrected chi connectivity index (χ3v) is 5.80. The van der Waals surface area contributed by atoms with E-state index in [4.69, 9.17) is 21.7 Å². The minimum atomic E-state index is 0.313. The Labute approximate surface area is 156 Å². The van der Waals surface area contributed by atoms with Gasteiger partial charge in [-0.3, -0.25) is 0 Å². The van der Waals surface area contributed by atoms with Gasteiger partial charge in [0.1, 0.15) is 0 Å².